The number of carboxylic acid groups (broad SMARTS) is 2. The third-order valence-corrected chi connectivity index (χ3v) is 2.93. The minimum absolute atomic E-state index is 0. The van der Waals surface area contributed by atoms with Crippen LogP contribution in [-0.4, -0.2) is 52.3 Å². The summed E-state index contributed by atoms with van der Waals surface area (Å²) < 4.78 is 31.2. The molecule has 0 spiro atoms. The van der Waals surface area contributed by atoms with Gasteiger partial charge < -0.3 is 20.1 Å². The van der Waals surface area contributed by atoms with Crippen LogP contribution < -0.4 is 34.9 Å². The van der Waals surface area contributed by atoms with E-state index in [0.717, 1.165) is 6.08 Å². The van der Waals surface area contributed by atoms with Crippen LogP contribution in [0.3, 0.4) is 0 Å². The van der Waals surface area contributed by atoms with Crippen molar-refractivity contribution in [3.8, 4) is 0 Å². The molecule has 3 N–H and O–H groups in total. The van der Waals surface area contributed by atoms with Crippen molar-refractivity contribution < 1.29 is 67.1 Å². The van der Waals surface area contributed by atoms with Crippen LogP contribution in [0.15, 0.2) is 24.8 Å². The zero-order chi connectivity index (χ0) is 18.1. The Labute approximate surface area is 156 Å². The van der Waals surface area contributed by atoms with E-state index >= 15 is 0 Å². The Bertz CT molecular complexity index is 568. The summed E-state index contributed by atoms with van der Waals surface area (Å²) in [6.45, 7) is 9.11. The molecule has 0 bridgehead atoms. The molecular formula is C12H18NNaO8S. The molecule has 0 fully saturated rings. The van der Waals surface area contributed by atoms with Crippen molar-refractivity contribution >= 4 is 28.0 Å². The van der Waals surface area contributed by atoms with Crippen LogP contribution in [0, 0.1) is 0 Å². The number of carbonyl (C=O) groups is 3. The summed E-state index contributed by atoms with van der Waals surface area (Å²) in [5.41, 5.74) is -1.37. The second kappa shape index (κ2) is 11.4. The van der Waals surface area contributed by atoms with E-state index in [0.29, 0.717) is 0 Å². The molecule has 0 atom stereocenters. The monoisotopic (exact) mass is 359 g/mol. The van der Waals surface area contributed by atoms with Gasteiger partial charge in [-0.05, 0) is 19.9 Å². The molecule has 0 aliphatic rings. The minimum Gasteiger partial charge on any atom is -0.748 e. The smallest absolute Gasteiger partial charge is 0.748 e. The average molecular weight is 359 g/mol. The maximum absolute atomic E-state index is 10.8. The third kappa shape index (κ3) is 18.8. The first-order valence-electron chi connectivity index (χ1n) is 5.71. The molecule has 11 heteroatoms. The summed E-state index contributed by atoms with van der Waals surface area (Å²) >= 11 is 0. The summed E-state index contributed by atoms with van der Waals surface area (Å²) in [5.74, 6) is -3.59. The van der Waals surface area contributed by atoms with Gasteiger partial charge in [0, 0.05) is 11.1 Å². The first-order chi connectivity index (χ1) is 9.70. The molecule has 0 rings (SSSR count). The molecule has 0 aromatic heterocycles. The van der Waals surface area contributed by atoms with Crippen LogP contribution in [0.1, 0.15) is 20.3 Å². The van der Waals surface area contributed by atoms with Crippen molar-refractivity contribution in [1.29, 1.82) is 0 Å². The minimum atomic E-state index is -4.33. The zero-order valence-corrected chi connectivity index (χ0v) is 16.0. The van der Waals surface area contributed by atoms with E-state index in [2.05, 4.69) is 18.5 Å². The van der Waals surface area contributed by atoms with Crippen molar-refractivity contribution in [2.75, 3.05) is 5.75 Å². The fourth-order valence-corrected chi connectivity index (χ4v) is 2.08. The van der Waals surface area contributed by atoms with Crippen molar-refractivity contribution in [1.82, 2.24) is 5.32 Å². The predicted octanol–water partition coefficient (Wildman–Crippen LogP) is -3.28. The van der Waals surface area contributed by atoms with E-state index < -0.39 is 45.7 Å². The van der Waals surface area contributed by atoms with Crippen molar-refractivity contribution in [2.24, 2.45) is 0 Å². The number of nitrogens with one attached hydrogen (secondary N) is 1. The van der Waals surface area contributed by atoms with Gasteiger partial charge >= 0.3 is 41.5 Å². The van der Waals surface area contributed by atoms with E-state index in [-0.39, 0.29) is 35.1 Å². The molecule has 0 aliphatic carbocycles. The molecule has 9 nitrogen and oxygen atoms in total. The van der Waals surface area contributed by atoms with Gasteiger partial charge in [0.15, 0.2) is 0 Å². The Morgan fingerprint density at radius 3 is 1.91 bits per heavy atom. The number of carboxylic acids is 2. The zero-order valence-electron chi connectivity index (χ0n) is 13.2. The molecular weight excluding hydrogens is 341 g/mol. The van der Waals surface area contributed by atoms with E-state index in [9.17, 15) is 27.4 Å². The Morgan fingerprint density at radius 1 is 1.26 bits per heavy atom. The van der Waals surface area contributed by atoms with Gasteiger partial charge in [-0.15, -0.1) is 0 Å². The topological polar surface area (TPSA) is 161 Å². The van der Waals surface area contributed by atoms with Crippen molar-refractivity contribution in [3.05, 3.63) is 24.8 Å². The van der Waals surface area contributed by atoms with Crippen LogP contribution >= 0.6 is 0 Å². The number of hydrogen-bond donors (Lipinski definition) is 3. The largest absolute Gasteiger partial charge is 1.00 e. The predicted molar refractivity (Wildman–Crippen MR) is 76.0 cm³/mol. The standard InChI is InChI=1S/C7H13NO4S.C5H6O4.Na/c1-4-6(9)8-7(2,3)5-13(10,11)12;1-3(5(8)9)2-4(6)7;/h4H,1,5H2,2-3H3,(H,8,9)(H,10,11,12);1-2H2,(H,6,7)(H,8,9);/q;;+1/p-1. The molecule has 0 aromatic rings. The fourth-order valence-electron chi connectivity index (χ4n) is 1.12. The summed E-state index contributed by atoms with van der Waals surface area (Å²) in [6.07, 6.45) is 0.508. The van der Waals surface area contributed by atoms with Gasteiger partial charge in [0.05, 0.1) is 22.3 Å². The third-order valence-electron chi connectivity index (χ3n) is 1.85. The maximum Gasteiger partial charge on any atom is 1.00 e. The number of carbonyl (C=O) groups excluding carboxylic acids is 1. The summed E-state index contributed by atoms with van der Waals surface area (Å²) in [4.78, 5) is 30.4. The second-order valence-electron chi connectivity index (χ2n) is 4.76. The van der Waals surface area contributed by atoms with Crippen LogP contribution in [0.25, 0.3) is 0 Å². The van der Waals surface area contributed by atoms with E-state index in [1.165, 1.54) is 13.8 Å². The maximum atomic E-state index is 10.8. The fraction of sp³-hybridized carbons (Fsp3) is 0.417. The molecule has 0 aromatic carbocycles. The number of hydrogen-bond acceptors (Lipinski definition) is 6. The van der Waals surface area contributed by atoms with Crippen LogP contribution in [0.2, 0.25) is 0 Å². The Morgan fingerprint density at radius 2 is 1.70 bits per heavy atom. The van der Waals surface area contributed by atoms with Gasteiger partial charge in [0.1, 0.15) is 0 Å². The van der Waals surface area contributed by atoms with Crippen LogP contribution in [0.5, 0.6) is 0 Å². The van der Waals surface area contributed by atoms with Gasteiger partial charge in [-0.3, -0.25) is 9.59 Å². The van der Waals surface area contributed by atoms with Gasteiger partial charge in [0.25, 0.3) is 0 Å². The Kier molecular flexibility index (Phi) is 13.2. The molecule has 0 saturated heterocycles. The number of rotatable bonds is 7. The Balaban J connectivity index is -0.000000354. The van der Waals surface area contributed by atoms with E-state index in [1.54, 1.807) is 0 Å². The molecule has 1 amide bonds. The first-order valence-corrected chi connectivity index (χ1v) is 7.29. The van der Waals surface area contributed by atoms with E-state index in [4.69, 9.17) is 10.2 Å². The van der Waals surface area contributed by atoms with Crippen LogP contribution in [-0.2, 0) is 24.5 Å². The quantitative estimate of drug-likeness (QED) is 0.242. The van der Waals surface area contributed by atoms with Gasteiger partial charge in [-0.2, -0.15) is 0 Å². The van der Waals surface area contributed by atoms with E-state index in [1.807, 2.05) is 0 Å². The molecule has 0 radical (unpaired) electrons. The average Bonchev–Trinajstić information content (AvgIpc) is 2.24. The van der Waals surface area contributed by atoms with Gasteiger partial charge in [-0.1, -0.05) is 13.2 Å². The molecule has 0 saturated carbocycles. The first kappa shape index (κ1) is 26.7. The Hall–Kier alpha value is -1.20. The molecule has 0 heterocycles. The molecule has 0 aliphatic heterocycles. The SMILES string of the molecule is C=C(CC(=O)O)C(=O)O.C=CC(=O)NC(C)(C)CS(=O)(=O)[O-].[Na+]. The normalized spacial score (nSPS) is 10.2. The van der Waals surface area contributed by atoms with Crippen LogP contribution in [0.4, 0.5) is 0 Å². The molecule has 0 unspecified atom stereocenters. The summed E-state index contributed by atoms with van der Waals surface area (Å²) in [6, 6.07) is 0. The summed E-state index contributed by atoms with van der Waals surface area (Å²) in [5, 5.41) is 18.4. The molecule has 126 valence electrons. The summed E-state index contributed by atoms with van der Waals surface area (Å²) in [7, 11) is -4.33. The van der Waals surface area contributed by atoms with Crippen molar-refractivity contribution in [2.45, 2.75) is 25.8 Å². The molecule has 23 heavy (non-hydrogen) atoms. The van der Waals surface area contributed by atoms with Crippen molar-refractivity contribution in [3.63, 3.8) is 0 Å². The number of aliphatic carboxylic acids is 2. The van der Waals surface area contributed by atoms with Gasteiger partial charge in [-0.25, -0.2) is 13.2 Å². The second-order valence-corrected chi connectivity index (χ2v) is 6.16. The number of amides is 1. The van der Waals surface area contributed by atoms with Gasteiger partial charge in [0.2, 0.25) is 5.91 Å².